The number of halogens is 1. The largest absolute Gasteiger partial charge is 0.312 e. The van der Waals surface area contributed by atoms with Crippen molar-refractivity contribution in [1.82, 2.24) is 10.3 Å². The molecule has 0 bridgehead atoms. The van der Waals surface area contributed by atoms with Gasteiger partial charge in [-0.1, -0.05) is 0 Å². The number of nitrogens with zero attached hydrogens (tertiary/aromatic N) is 1. The highest BCUT2D eigenvalue weighted by molar-refractivity contribution is 7.15. The average molecular weight is 250 g/mol. The molecule has 2 rings (SSSR count). The molecule has 1 atom stereocenters. The van der Waals surface area contributed by atoms with Crippen molar-refractivity contribution in [2.75, 3.05) is 7.05 Å². The van der Waals surface area contributed by atoms with E-state index in [1.165, 1.54) is 10.9 Å². The fourth-order valence-corrected chi connectivity index (χ4v) is 2.51. The summed E-state index contributed by atoms with van der Waals surface area (Å²) < 4.78 is 13.2. The van der Waals surface area contributed by atoms with E-state index in [-0.39, 0.29) is 5.82 Å². The van der Waals surface area contributed by atoms with Crippen molar-refractivity contribution in [3.05, 3.63) is 40.7 Å². The van der Waals surface area contributed by atoms with Gasteiger partial charge in [0.15, 0.2) is 0 Å². The van der Waals surface area contributed by atoms with E-state index in [4.69, 9.17) is 0 Å². The van der Waals surface area contributed by atoms with E-state index >= 15 is 0 Å². The molecule has 2 aromatic rings. The minimum Gasteiger partial charge on any atom is -0.312 e. The Morgan fingerprint density at radius 1 is 1.41 bits per heavy atom. The van der Waals surface area contributed by atoms with Gasteiger partial charge in [-0.25, -0.2) is 9.37 Å². The normalized spacial score (nSPS) is 12.7. The van der Waals surface area contributed by atoms with Gasteiger partial charge in [0, 0.05) is 22.7 Å². The minimum absolute atomic E-state index is 0.172. The monoisotopic (exact) mass is 250 g/mol. The van der Waals surface area contributed by atoms with Crippen LogP contribution in [0.3, 0.4) is 0 Å². The molecule has 1 heterocycles. The highest BCUT2D eigenvalue weighted by Crippen LogP contribution is 2.29. The predicted octanol–water partition coefficient (Wildman–Crippen LogP) is 3.54. The van der Waals surface area contributed by atoms with Crippen LogP contribution in [0.5, 0.6) is 0 Å². The SMILES string of the molecule is CNC(C)c1cnc(-c2ccc(F)c(C)c2)s1. The molecule has 0 spiro atoms. The number of aromatic nitrogens is 1. The maximum absolute atomic E-state index is 13.2. The van der Waals surface area contributed by atoms with Crippen LogP contribution < -0.4 is 5.32 Å². The smallest absolute Gasteiger partial charge is 0.126 e. The summed E-state index contributed by atoms with van der Waals surface area (Å²) in [5.74, 6) is -0.172. The number of benzene rings is 1. The van der Waals surface area contributed by atoms with Crippen molar-refractivity contribution in [3.63, 3.8) is 0 Å². The Labute approximate surface area is 105 Å². The van der Waals surface area contributed by atoms with Crippen molar-refractivity contribution >= 4 is 11.3 Å². The molecule has 1 aromatic carbocycles. The van der Waals surface area contributed by atoms with Gasteiger partial charge < -0.3 is 5.32 Å². The summed E-state index contributed by atoms with van der Waals surface area (Å²) >= 11 is 1.64. The fraction of sp³-hybridized carbons (Fsp3) is 0.308. The number of nitrogens with one attached hydrogen (secondary N) is 1. The van der Waals surface area contributed by atoms with E-state index < -0.39 is 0 Å². The van der Waals surface area contributed by atoms with Crippen LogP contribution in [-0.4, -0.2) is 12.0 Å². The Hall–Kier alpha value is -1.26. The van der Waals surface area contributed by atoms with Gasteiger partial charge >= 0.3 is 0 Å². The van der Waals surface area contributed by atoms with Crippen LogP contribution in [0.2, 0.25) is 0 Å². The third-order valence-corrected chi connectivity index (χ3v) is 4.02. The highest BCUT2D eigenvalue weighted by atomic mass is 32.1. The lowest BCUT2D eigenvalue weighted by molar-refractivity contribution is 0.619. The van der Waals surface area contributed by atoms with Crippen LogP contribution in [0.1, 0.15) is 23.4 Å². The zero-order valence-electron chi connectivity index (χ0n) is 10.1. The lowest BCUT2D eigenvalue weighted by atomic mass is 10.1. The molecule has 0 aliphatic rings. The topological polar surface area (TPSA) is 24.9 Å². The number of hydrogen-bond donors (Lipinski definition) is 1. The van der Waals surface area contributed by atoms with E-state index in [0.29, 0.717) is 11.6 Å². The molecule has 1 N–H and O–H groups in total. The van der Waals surface area contributed by atoms with Crippen LogP contribution in [0.4, 0.5) is 4.39 Å². The maximum atomic E-state index is 13.2. The molecule has 1 unspecified atom stereocenters. The van der Waals surface area contributed by atoms with E-state index in [2.05, 4.69) is 17.2 Å². The molecule has 0 radical (unpaired) electrons. The average Bonchev–Trinajstić information content (AvgIpc) is 2.81. The second-order valence-corrected chi connectivity index (χ2v) is 5.10. The number of thiazole rings is 1. The van der Waals surface area contributed by atoms with E-state index in [1.807, 2.05) is 19.3 Å². The second-order valence-electron chi connectivity index (χ2n) is 4.04. The Bertz CT molecular complexity index is 522. The standard InChI is InChI=1S/C13H15FN2S/c1-8-6-10(4-5-11(8)14)13-16-7-12(17-13)9(2)15-3/h4-7,9,15H,1-3H3. The van der Waals surface area contributed by atoms with E-state index in [1.54, 1.807) is 24.3 Å². The van der Waals surface area contributed by atoms with Gasteiger partial charge in [0.05, 0.1) is 0 Å². The number of rotatable bonds is 3. The summed E-state index contributed by atoms with van der Waals surface area (Å²) in [5.41, 5.74) is 1.63. The zero-order valence-corrected chi connectivity index (χ0v) is 10.9. The van der Waals surface area contributed by atoms with E-state index in [0.717, 1.165) is 10.6 Å². The first-order valence-electron chi connectivity index (χ1n) is 5.51. The Balaban J connectivity index is 2.33. The molecular formula is C13H15FN2S. The van der Waals surface area contributed by atoms with Gasteiger partial charge in [-0.05, 0) is 44.7 Å². The van der Waals surface area contributed by atoms with Crippen molar-refractivity contribution in [2.24, 2.45) is 0 Å². The van der Waals surface area contributed by atoms with Gasteiger partial charge in [-0.15, -0.1) is 11.3 Å². The molecule has 17 heavy (non-hydrogen) atoms. The first kappa shape index (κ1) is 12.2. The molecule has 0 amide bonds. The van der Waals surface area contributed by atoms with Crippen LogP contribution in [0.25, 0.3) is 10.6 Å². The lowest BCUT2D eigenvalue weighted by Crippen LogP contribution is -2.10. The third-order valence-electron chi connectivity index (χ3n) is 2.79. The maximum Gasteiger partial charge on any atom is 0.126 e. The fourth-order valence-electron chi connectivity index (χ4n) is 1.54. The molecular weight excluding hydrogens is 235 g/mol. The van der Waals surface area contributed by atoms with Crippen LogP contribution in [0, 0.1) is 12.7 Å². The molecule has 1 aromatic heterocycles. The van der Waals surface area contributed by atoms with E-state index in [9.17, 15) is 4.39 Å². The predicted molar refractivity (Wildman–Crippen MR) is 69.7 cm³/mol. The quantitative estimate of drug-likeness (QED) is 0.901. The number of aryl methyl sites for hydroxylation is 1. The summed E-state index contributed by atoms with van der Waals surface area (Å²) in [6, 6.07) is 5.40. The summed E-state index contributed by atoms with van der Waals surface area (Å²) in [7, 11) is 1.92. The first-order valence-corrected chi connectivity index (χ1v) is 6.33. The van der Waals surface area contributed by atoms with Gasteiger partial charge in [0.1, 0.15) is 10.8 Å². The van der Waals surface area contributed by atoms with Gasteiger partial charge in [-0.3, -0.25) is 0 Å². The zero-order chi connectivity index (χ0) is 12.4. The molecule has 2 nitrogen and oxygen atoms in total. The van der Waals surface area contributed by atoms with Gasteiger partial charge in [0.2, 0.25) is 0 Å². The lowest BCUT2D eigenvalue weighted by Gasteiger charge is -2.05. The van der Waals surface area contributed by atoms with Crippen LogP contribution >= 0.6 is 11.3 Å². The summed E-state index contributed by atoms with van der Waals surface area (Å²) in [4.78, 5) is 5.57. The third kappa shape index (κ3) is 2.53. The summed E-state index contributed by atoms with van der Waals surface area (Å²) in [6.45, 7) is 3.86. The molecule has 4 heteroatoms. The minimum atomic E-state index is -0.172. The van der Waals surface area contributed by atoms with Crippen LogP contribution in [0.15, 0.2) is 24.4 Å². The van der Waals surface area contributed by atoms with Crippen molar-refractivity contribution in [1.29, 1.82) is 0 Å². The van der Waals surface area contributed by atoms with Crippen molar-refractivity contribution in [3.8, 4) is 10.6 Å². The molecule has 0 fully saturated rings. The van der Waals surface area contributed by atoms with Crippen LogP contribution in [-0.2, 0) is 0 Å². The van der Waals surface area contributed by atoms with Crippen molar-refractivity contribution in [2.45, 2.75) is 19.9 Å². The molecule has 0 saturated heterocycles. The first-order chi connectivity index (χ1) is 8.11. The van der Waals surface area contributed by atoms with Crippen molar-refractivity contribution < 1.29 is 4.39 Å². The molecule has 90 valence electrons. The Morgan fingerprint density at radius 2 is 2.18 bits per heavy atom. The van der Waals surface area contributed by atoms with Gasteiger partial charge in [0.25, 0.3) is 0 Å². The molecule has 0 saturated carbocycles. The number of hydrogen-bond acceptors (Lipinski definition) is 3. The summed E-state index contributed by atoms with van der Waals surface area (Å²) in [5, 5.41) is 4.11. The Morgan fingerprint density at radius 3 is 2.82 bits per heavy atom. The second kappa shape index (κ2) is 4.94. The molecule has 0 aliphatic carbocycles. The highest BCUT2D eigenvalue weighted by Gasteiger charge is 2.10. The molecule has 0 aliphatic heterocycles. The summed E-state index contributed by atoms with van der Waals surface area (Å²) in [6.07, 6.45) is 1.87. The van der Waals surface area contributed by atoms with Gasteiger partial charge in [-0.2, -0.15) is 0 Å². The Kier molecular flexibility index (Phi) is 3.54.